The first-order valence-electron chi connectivity index (χ1n) is 6.89. The van der Waals surface area contributed by atoms with Crippen LogP contribution in [0.25, 0.3) is 11.3 Å². The Morgan fingerprint density at radius 1 is 1.50 bits per heavy atom. The van der Waals surface area contributed by atoms with Crippen molar-refractivity contribution in [3.63, 3.8) is 0 Å². The number of furan rings is 1. The number of nitrogens with zero attached hydrogens (tertiary/aromatic N) is 2. The minimum atomic E-state index is -0.839. The van der Waals surface area contributed by atoms with Crippen molar-refractivity contribution in [3.8, 4) is 11.3 Å². The normalized spacial score (nSPS) is 24.8. The van der Waals surface area contributed by atoms with E-state index in [2.05, 4.69) is 4.98 Å². The molecule has 0 spiro atoms. The molecule has 118 valence electrons. The Labute approximate surface area is 125 Å². The van der Waals surface area contributed by atoms with Gasteiger partial charge in [-0.1, -0.05) is 0 Å². The second-order valence-corrected chi connectivity index (χ2v) is 5.25. The van der Waals surface area contributed by atoms with Crippen LogP contribution in [-0.2, 0) is 4.74 Å². The number of hydrogen-bond donors (Lipinski definition) is 3. The minimum Gasteiger partial charge on any atom is -0.461 e. The number of aromatic nitrogens is 2. The zero-order chi connectivity index (χ0) is 15.9. The van der Waals surface area contributed by atoms with Crippen LogP contribution in [0.4, 0.5) is 5.82 Å². The number of anilines is 1. The third-order valence-corrected chi connectivity index (χ3v) is 3.68. The summed E-state index contributed by atoms with van der Waals surface area (Å²) in [7, 11) is 0. The molecule has 4 N–H and O–H groups in total. The number of aryl methyl sites for hydroxylation is 1. The molecule has 1 aliphatic rings. The van der Waals surface area contributed by atoms with Crippen LogP contribution in [0.1, 0.15) is 18.4 Å². The molecule has 2 aromatic heterocycles. The molecular formula is C14H17N3O5. The second-order valence-electron chi connectivity index (χ2n) is 5.25. The lowest BCUT2D eigenvalue weighted by Gasteiger charge is -2.15. The fourth-order valence-corrected chi connectivity index (χ4v) is 2.51. The summed E-state index contributed by atoms with van der Waals surface area (Å²) in [5, 5.41) is 18.9. The van der Waals surface area contributed by atoms with Gasteiger partial charge in [0.2, 0.25) is 0 Å². The lowest BCUT2D eigenvalue weighted by atomic mass is 10.2. The van der Waals surface area contributed by atoms with Gasteiger partial charge in [0, 0.05) is 12.6 Å². The SMILES string of the molecule is Cc1ccc(-c2cn([C@@H]3C[C@H](O)[C@H](CO)O3)c(=O)nc2N)o1. The van der Waals surface area contributed by atoms with Crippen molar-refractivity contribution in [2.75, 3.05) is 12.3 Å². The molecule has 2 aromatic rings. The topological polar surface area (TPSA) is 124 Å². The van der Waals surface area contributed by atoms with E-state index in [0.717, 1.165) is 0 Å². The molecule has 0 aromatic carbocycles. The van der Waals surface area contributed by atoms with E-state index in [0.29, 0.717) is 17.1 Å². The van der Waals surface area contributed by atoms with Crippen molar-refractivity contribution in [1.29, 1.82) is 0 Å². The van der Waals surface area contributed by atoms with Gasteiger partial charge in [0.1, 0.15) is 29.7 Å². The molecule has 3 heterocycles. The molecular weight excluding hydrogens is 290 g/mol. The molecule has 1 saturated heterocycles. The van der Waals surface area contributed by atoms with Gasteiger partial charge >= 0.3 is 5.69 Å². The summed E-state index contributed by atoms with van der Waals surface area (Å²) in [4.78, 5) is 15.8. The Balaban J connectivity index is 2.01. The van der Waals surface area contributed by atoms with Gasteiger partial charge in [-0.2, -0.15) is 4.98 Å². The molecule has 1 fully saturated rings. The summed E-state index contributed by atoms with van der Waals surface area (Å²) >= 11 is 0. The number of aliphatic hydroxyl groups excluding tert-OH is 2. The molecule has 0 unspecified atom stereocenters. The van der Waals surface area contributed by atoms with E-state index in [1.807, 2.05) is 0 Å². The van der Waals surface area contributed by atoms with E-state index >= 15 is 0 Å². The predicted octanol–water partition coefficient (Wildman–Crippen LogP) is 0.0346. The number of ether oxygens (including phenoxy) is 1. The van der Waals surface area contributed by atoms with Gasteiger partial charge in [-0.05, 0) is 19.1 Å². The lowest BCUT2D eigenvalue weighted by molar-refractivity contribution is -0.0458. The average Bonchev–Trinajstić information content (AvgIpc) is 3.05. The maximum atomic E-state index is 12.0. The molecule has 22 heavy (non-hydrogen) atoms. The van der Waals surface area contributed by atoms with Crippen LogP contribution in [-0.4, -0.2) is 38.6 Å². The third-order valence-electron chi connectivity index (χ3n) is 3.68. The molecule has 3 rings (SSSR count). The molecule has 3 atom stereocenters. The standard InChI is InChI=1S/C14H17N3O5/c1-7-2-3-10(21-7)8-5-17(14(20)16-13(8)15)12-4-9(19)11(6-18)22-12/h2-3,5,9,11-12,18-19H,4,6H2,1H3,(H2,15,16,20)/t9-,11-,12-/m0/s1. The number of nitrogen functional groups attached to an aromatic ring is 1. The fourth-order valence-electron chi connectivity index (χ4n) is 2.51. The van der Waals surface area contributed by atoms with E-state index in [9.17, 15) is 9.90 Å². The quantitative estimate of drug-likeness (QED) is 0.731. The van der Waals surface area contributed by atoms with E-state index in [1.165, 1.54) is 10.8 Å². The van der Waals surface area contributed by atoms with Crippen molar-refractivity contribution in [2.24, 2.45) is 0 Å². The summed E-state index contributed by atoms with van der Waals surface area (Å²) in [6, 6.07) is 3.51. The summed E-state index contributed by atoms with van der Waals surface area (Å²) < 4.78 is 12.2. The van der Waals surface area contributed by atoms with Gasteiger partial charge in [0.15, 0.2) is 0 Å². The van der Waals surface area contributed by atoms with Crippen LogP contribution in [0.5, 0.6) is 0 Å². The Morgan fingerprint density at radius 2 is 2.27 bits per heavy atom. The lowest BCUT2D eigenvalue weighted by Crippen LogP contribution is -2.28. The fraction of sp³-hybridized carbons (Fsp3) is 0.429. The zero-order valence-electron chi connectivity index (χ0n) is 12.0. The van der Waals surface area contributed by atoms with Gasteiger partial charge in [0.25, 0.3) is 0 Å². The Morgan fingerprint density at radius 3 is 2.86 bits per heavy atom. The maximum absolute atomic E-state index is 12.0. The van der Waals surface area contributed by atoms with Gasteiger partial charge < -0.3 is 25.1 Å². The van der Waals surface area contributed by atoms with E-state index < -0.39 is 24.1 Å². The van der Waals surface area contributed by atoms with Crippen molar-refractivity contribution >= 4 is 5.82 Å². The first-order valence-corrected chi connectivity index (χ1v) is 6.89. The molecule has 8 nitrogen and oxygen atoms in total. The molecule has 0 aliphatic carbocycles. The molecule has 0 radical (unpaired) electrons. The highest BCUT2D eigenvalue weighted by atomic mass is 16.5. The molecule has 0 saturated carbocycles. The molecule has 0 bridgehead atoms. The van der Waals surface area contributed by atoms with Crippen molar-refractivity contribution in [1.82, 2.24) is 9.55 Å². The largest absolute Gasteiger partial charge is 0.461 e. The average molecular weight is 307 g/mol. The monoisotopic (exact) mass is 307 g/mol. The zero-order valence-corrected chi connectivity index (χ0v) is 12.0. The van der Waals surface area contributed by atoms with Crippen LogP contribution in [0.15, 0.2) is 27.5 Å². The summed E-state index contributed by atoms with van der Waals surface area (Å²) in [6.07, 6.45) is -0.576. The first-order chi connectivity index (χ1) is 10.5. The highest BCUT2D eigenvalue weighted by Gasteiger charge is 2.35. The van der Waals surface area contributed by atoms with E-state index in [4.69, 9.17) is 20.0 Å². The smallest absolute Gasteiger partial charge is 0.351 e. The van der Waals surface area contributed by atoms with Gasteiger partial charge in [-0.15, -0.1) is 0 Å². The Kier molecular flexibility index (Phi) is 3.73. The van der Waals surface area contributed by atoms with E-state index in [-0.39, 0.29) is 18.8 Å². The highest BCUT2D eigenvalue weighted by Crippen LogP contribution is 2.30. The van der Waals surface area contributed by atoms with Crippen LogP contribution in [0.3, 0.4) is 0 Å². The van der Waals surface area contributed by atoms with Crippen molar-refractivity contribution in [3.05, 3.63) is 34.6 Å². The van der Waals surface area contributed by atoms with Crippen LogP contribution in [0, 0.1) is 6.92 Å². The number of nitrogens with two attached hydrogens (primary N) is 1. The summed E-state index contributed by atoms with van der Waals surface area (Å²) in [6.45, 7) is 1.48. The minimum absolute atomic E-state index is 0.0628. The van der Waals surface area contributed by atoms with Crippen LogP contribution < -0.4 is 11.4 Å². The highest BCUT2D eigenvalue weighted by molar-refractivity contribution is 5.68. The molecule has 1 aliphatic heterocycles. The summed E-state index contributed by atoms with van der Waals surface area (Å²) in [5.74, 6) is 1.27. The summed E-state index contributed by atoms with van der Waals surface area (Å²) in [5.41, 5.74) is 5.68. The molecule has 0 amide bonds. The van der Waals surface area contributed by atoms with Crippen molar-refractivity contribution < 1.29 is 19.4 Å². The maximum Gasteiger partial charge on any atom is 0.351 e. The van der Waals surface area contributed by atoms with Gasteiger partial charge in [-0.25, -0.2) is 4.79 Å². The van der Waals surface area contributed by atoms with Crippen LogP contribution in [0.2, 0.25) is 0 Å². The number of hydrogen-bond acceptors (Lipinski definition) is 7. The molecule has 8 heteroatoms. The predicted molar refractivity (Wildman–Crippen MR) is 77.0 cm³/mol. The van der Waals surface area contributed by atoms with Crippen molar-refractivity contribution in [2.45, 2.75) is 31.8 Å². The Bertz CT molecular complexity index is 738. The number of aliphatic hydroxyl groups is 2. The van der Waals surface area contributed by atoms with E-state index in [1.54, 1.807) is 19.1 Å². The van der Waals surface area contributed by atoms with Crippen LogP contribution >= 0.6 is 0 Å². The Hall–Kier alpha value is -2.16. The van der Waals surface area contributed by atoms with Gasteiger partial charge in [0.05, 0.1) is 18.3 Å². The second kappa shape index (κ2) is 5.56. The first kappa shape index (κ1) is 14.8. The third kappa shape index (κ3) is 2.52. The number of rotatable bonds is 3. The van der Waals surface area contributed by atoms with Gasteiger partial charge in [-0.3, -0.25) is 4.57 Å².